The second-order valence-corrected chi connectivity index (χ2v) is 6.54. The third-order valence-electron chi connectivity index (χ3n) is 3.19. The summed E-state index contributed by atoms with van der Waals surface area (Å²) in [5.41, 5.74) is 0.426. The molecule has 0 saturated carbocycles. The van der Waals surface area contributed by atoms with Gasteiger partial charge < -0.3 is 4.74 Å². The predicted octanol–water partition coefficient (Wildman–Crippen LogP) is 7.06. The Kier molecular flexibility index (Phi) is 4.69. The summed E-state index contributed by atoms with van der Waals surface area (Å²) in [6.07, 6.45) is 0.729. The summed E-state index contributed by atoms with van der Waals surface area (Å²) >= 11 is 24.1. The van der Waals surface area contributed by atoms with Gasteiger partial charge in [-0.05, 0) is 47.9 Å². The number of rotatable bonds is 3. The van der Waals surface area contributed by atoms with Crippen molar-refractivity contribution in [2.45, 2.75) is 0 Å². The van der Waals surface area contributed by atoms with Crippen LogP contribution < -0.4 is 4.74 Å². The van der Waals surface area contributed by atoms with Crippen molar-refractivity contribution in [1.29, 1.82) is 0 Å². The van der Waals surface area contributed by atoms with Crippen molar-refractivity contribution >= 4 is 63.5 Å². The van der Waals surface area contributed by atoms with Crippen molar-refractivity contribution in [2.75, 3.05) is 0 Å². The minimum absolute atomic E-state index is 0.426. The lowest BCUT2D eigenvalue weighted by Crippen LogP contribution is -1.90. The van der Waals surface area contributed by atoms with Gasteiger partial charge in [0, 0.05) is 26.0 Å². The Balaban J connectivity index is 2.13. The monoisotopic (exact) mass is 384 g/mol. The zero-order chi connectivity index (χ0) is 16.6. The van der Waals surface area contributed by atoms with Gasteiger partial charge in [0.1, 0.15) is 11.5 Å². The highest BCUT2D eigenvalue weighted by atomic mass is 35.5. The molecule has 3 aromatic rings. The Morgan fingerprint density at radius 3 is 1.96 bits per heavy atom. The van der Waals surface area contributed by atoms with Crippen LogP contribution in [0.5, 0.6) is 11.5 Å². The normalized spacial score (nSPS) is 10.8. The van der Waals surface area contributed by atoms with Crippen LogP contribution in [0.4, 0.5) is 0 Å². The van der Waals surface area contributed by atoms with Gasteiger partial charge in [0.05, 0.1) is 5.02 Å². The van der Waals surface area contributed by atoms with Crippen molar-refractivity contribution in [1.82, 2.24) is 0 Å². The predicted molar refractivity (Wildman–Crippen MR) is 95.9 cm³/mol. The maximum Gasteiger partial charge on any atom is 0.150 e. The first kappa shape index (κ1) is 16.4. The molecule has 0 N–H and O–H groups in total. The van der Waals surface area contributed by atoms with Gasteiger partial charge in [-0.2, -0.15) is 0 Å². The average Bonchev–Trinajstić information content (AvgIpc) is 2.46. The summed E-state index contributed by atoms with van der Waals surface area (Å²) in [5.74, 6) is 0.908. The van der Waals surface area contributed by atoms with Gasteiger partial charge in [0.25, 0.3) is 0 Å². The van der Waals surface area contributed by atoms with Crippen molar-refractivity contribution < 1.29 is 9.53 Å². The van der Waals surface area contributed by atoms with Crippen molar-refractivity contribution in [3.05, 3.63) is 68.1 Å². The Hall–Kier alpha value is -1.45. The zero-order valence-electron chi connectivity index (χ0n) is 11.4. The van der Waals surface area contributed by atoms with Crippen LogP contribution in [-0.2, 0) is 0 Å². The number of hydrogen-bond acceptors (Lipinski definition) is 2. The van der Waals surface area contributed by atoms with E-state index in [-0.39, 0.29) is 0 Å². The van der Waals surface area contributed by atoms with Gasteiger partial charge in [-0.15, -0.1) is 0 Å². The lowest BCUT2D eigenvalue weighted by molar-refractivity contribution is 0.112. The molecule has 0 heterocycles. The molecule has 0 bridgehead atoms. The Morgan fingerprint density at radius 2 is 1.30 bits per heavy atom. The molecule has 23 heavy (non-hydrogen) atoms. The van der Waals surface area contributed by atoms with E-state index in [1.165, 1.54) is 0 Å². The van der Waals surface area contributed by atoms with Crippen molar-refractivity contribution in [3.63, 3.8) is 0 Å². The average molecular weight is 386 g/mol. The fourth-order valence-electron chi connectivity index (χ4n) is 2.27. The van der Waals surface area contributed by atoms with Crippen LogP contribution in [0.3, 0.4) is 0 Å². The summed E-state index contributed by atoms with van der Waals surface area (Å²) in [6, 6.07) is 11.5. The second-order valence-electron chi connectivity index (χ2n) is 4.82. The molecule has 3 rings (SSSR count). The first-order valence-electron chi connectivity index (χ1n) is 6.48. The van der Waals surface area contributed by atoms with E-state index in [9.17, 15) is 4.79 Å². The molecule has 3 aromatic carbocycles. The Labute approximate surface area is 152 Å². The molecule has 6 heteroatoms. The SMILES string of the molecule is O=Cc1cc(Oc2cc(Cl)cc(Cl)c2)cc2c(Cl)cc(Cl)cc12. The van der Waals surface area contributed by atoms with E-state index < -0.39 is 0 Å². The molecule has 0 unspecified atom stereocenters. The standard InChI is InChI=1S/C17H8Cl4O2/c18-10-2-11(19)4-14(3-10)23-13-1-9(8-22)15-5-12(20)6-17(21)16(15)7-13/h1-8H. The summed E-state index contributed by atoms with van der Waals surface area (Å²) in [6.45, 7) is 0. The molecular weight excluding hydrogens is 378 g/mol. The van der Waals surface area contributed by atoms with Crippen LogP contribution in [0, 0.1) is 0 Å². The number of ether oxygens (including phenoxy) is 1. The lowest BCUT2D eigenvalue weighted by atomic mass is 10.0. The van der Waals surface area contributed by atoms with Gasteiger partial charge in [-0.1, -0.05) is 46.4 Å². The molecule has 0 aliphatic heterocycles. The maximum absolute atomic E-state index is 11.4. The highest BCUT2D eigenvalue weighted by molar-refractivity contribution is 6.39. The quantitative estimate of drug-likeness (QED) is 0.451. The van der Waals surface area contributed by atoms with Crippen LogP contribution in [0.25, 0.3) is 10.8 Å². The van der Waals surface area contributed by atoms with E-state index in [1.54, 1.807) is 42.5 Å². The van der Waals surface area contributed by atoms with Crippen molar-refractivity contribution in [2.24, 2.45) is 0 Å². The van der Waals surface area contributed by atoms with Gasteiger partial charge in [0.2, 0.25) is 0 Å². The summed E-state index contributed by atoms with van der Waals surface area (Å²) < 4.78 is 5.76. The number of benzene rings is 3. The number of carbonyl (C=O) groups excluding carboxylic acids is 1. The largest absolute Gasteiger partial charge is 0.457 e. The fraction of sp³-hybridized carbons (Fsp3) is 0. The van der Waals surface area contributed by atoms with Crippen LogP contribution >= 0.6 is 46.4 Å². The molecule has 0 amide bonds. The van der Waals surface area contributed by atoms with E-state index in [2.05, 4.69) is 0 Å². The van der Waals surface area contributed by atoms with Crippen molar-refractivity contribution in [3.8, 4) is 11.5 Å². The Morgan fingerprint density at radius 1 is 0.696 bits per heavy atom. The Bertz CT molecular complexity index is 902. The lowest BCUT2D eigenvalue weighted by Gasteiger charge is -2.11. The number of halogens is 4. The number of hydrogen-bond donors (Lipinski definition) is 0. The summed E-state index contributed by atoms with van der Waals surface area (Å²) in [7, 11) is 0. The van der Waals surface area contributed by atoms with E-state index in [0.29, 0.717) is 47.9 Å². The number of aldehydes is 1. The zero-order valence-corrected chi connectivity index (χ0v) is 14.5. The minimum Gasteiger partial charge on any atom is -0.457 e. The molecule has 0 aliphatic rings. The molecule has 0 aliphatic carbocycles. The molecule has 0 radical (unpaired) electrons. The fourth-order valence-corrected chi connectivity index (χ4v) is 3.32. The third kappa shape index (κ3) is 3.56. The van der Waals surface area contributed by atoms with Crippen LogP contribution in [-0.4, -0.2) is 6.29 Å². The van der Waals surface area contributed by atoms with Crippen LogP contribution in [0.1, 0.15) is 10.4 Å². The number of fused-ring (bicyclic) bond motifs is 1. The van der Waals surface area contributed by atoms with Gasteiger partial charge in [-0.25, -0.2) is 0 Å². The molecule has 2 nitrogen and oxygen atoms in total. The maximum atomic E-state index is 11.4. The number of carbonyl (C=O) groups is 1. The van der Waals surface area contributed by atoms with Gasteiger partial charge in [0.15, 0.2) is 6.29 Å². The van der Waals surface area contributed by atoms with E-state index in [0.717, 1.165) is 6.29 Å². The smallest absolute Gasteiger partial charge is 0.150 e. The summed E-state index contributed by atoms with van der Waals surface area (Å²) in [4.78, 5) is 11.4. The van der Waals surface area contributed by atoms with E-state index in [4.69, 9.17) is 51.1 Å². The topological polar surface area (TPSA) is 26.3 Å². The molecule has 0 aromatic heterocycles. The highest BCUT2D eigenvalue weighted by Crippen LogP contribution is 2.35. The van der Waals surface area contributed by atoms with E-state index in [1.807, 2.05) is 0 Å². The second kappa shape index (κ2) is 6.58. The summed E-state index contributed by atoms with van der Waals surface area (Å²) in [5, 5.41) is 3.13. The van der Waals surface area contributed by atoms with Crippen LogP contribution in [0.2, 0.25) is 20.1 Å². The molecule has 0 spiro atoms. The van der Waals surface area contributed by atoms with Crippen LogP contribution in [0.15, 0.2) is 42.5 Å². The molecule has 0 fully saturated rings. The molecular formula is C17H8Cl4O2. The van der Waals surface area contributed by atoms with E-state index >= 15 is 0 Å². The minimum atomic E-state index is 0.426. The third-order valence-corrected chi connectivity index (χ3v) is 4.16. The molecule has 0 atom stereocenters. The van der Waals surface area contributed by atoms with Gasteiger partial charge >= 0.3 is 0 Å². The van der Waals surface area contributed by atoms with Gasteiger partial charge in [-0.3, -0.25) is 4.79 Å². The highest BCUT2D eigenvalue weighted by Gasteiger charge is 2.10. The first-order valence-corrected chi connectivity index (χ1v) is 7.99. The molecule has 116 valence electrons. The molecule has 0 saturated heterocycles. The first-order chi connectivity index (χ1) is 11.0.